The number of hydrazine groups is 1. The summed E-state index contributed by atoms with van der Waals surface area (Å²) in [5, 5.41) is 6.54. The maximum atomic E-state index is 12.3. The molecule has 1 aromatic heterocycles. The van der Waals surface area contributed by atoms with Crippen LogP contribution in [-0.4, -0.2) is 21.6 Å². The Morgan fingerprint density at radius 1 is 0.828 bits per heavy atom. The number of aromatic nitrogens is 2. The third-order valence-corrected chi connectivity index (χ3v) is 4.63. The van der Waals surface area contributed by atoms with Crippen molar-refractivity contribution in [1.29, 1.82) is 0 Å². The van der Waals surface area contributed by atoms with Crippen molar-refractivity contribution in [3.05, 3.63) is 88.7 Å². The van der Waals surface area contributed by atoms with Gasteiger partial charge < -0.3 is 0 Å². The Kier molecular flexibility index (Phi) is 5.03. The van der Waals surface area contributed by atoms with Gasteiger partial charge in [-0.25, -0.2) is 0 Å². The highest BCUT2D eigenvalue weighted by Crippen LogP contribution is 2.18. The van der Waals surface area contributed by atoms with E-state index in [2.05, 4.69) is 16.0 Å². The van der Waals surface area contributed by atoms with Crippen molar-refractivity contribution < 1.29 is 9.59 Å². The van der Waals surface area contributed by atoms with Crippen LogP contribution < -0.4 is 16.3 Å². The average Bonchev–Trinajstić information content (AvgIpc) is 2.75. The van der Waals surface area contributed by atoms with E-state index >= 15 is 0 Å². The lowest BCUT2D eigenvalue weighted by molar-refractivity contribution is -0.129. The van der Waals surface area contributed by atoms with Gasteiger partial charge >= 0.3 is 0 Å². The van der Waals surface area contributed by atoms with Crippen LogP contribution in [0.4, 0.5) is 0 Å². The second-order valence-corrected chi connectivity index (χ2v) is 6.60. The summed E-state index contributed by atoms with van der Waals surface area (Å²) < 4.78 is 1.42. The molecule has 0 aliphatic heterocycles. The predicted molar refractivity (Wildman–Crippen MR) is 110 cm³/mol. The maximum Gasteiger partial charge on any atom is 0.260 e. The summed E-state index contributed by atoms with van der Waals surface area (Å²) in [6, 6.07) is 20.5. The summed E-state index contributed by atoms with van der Waals surface area (Å²) in [6.45, 7) is -0.130. The van der Waals surface area contributed by atoms with Crippen LogP contribution in [0, 0.1) is 0 Å². The van der Waals surface area contributed by atoms with Gasteiger partial charge in [0.25, 0.3) is 5.91 Å². The molecule has 0 radical (unpaired) electrons. The van der Waals surface area contributed by atoms with Crippen molar-refractivity contribution in [3.63, 3.8) is 0 Å². The van der Waals surface area contributed by atoms with E-state index in [1.807, 2.05) is 42.5 Å². The van der Waals surface area contributed by atoms with Crippen LogP contribution >= 0.6 is 0 Å². The van der Waals surface area contributed by atoms with Crippen molar-refractivity contribution in [2.75, 3.05) is 0 Å². The second-order valence-electron chi connectivity index (χ2n) is 6.60. The molecule has 1 heterocycles. The number of hydrogen-bond donors (Lipinski definition) is 2. The summed E-state index contributed by atoms with van der Waals surface area (Å²) in [5.74, 6) is -0.773. The van der Waals surface area contributed by atoms with Crippen LogP contribution in [0.25, 0.3) is 21.7 Å². The number of hydrogen-bond acceptors (Lipinski definition) is 4. The van der Waals surface area contributed by atoms with Crippen molar-refractivity contribution in [3.8, 4) is 0 Å². The van der Waals surface area contributed by atoms with Crippen molar-refractivity contribution in [2.45, 2.75) is 13.0 Å². The van der Waals surface area contributed by atoms with E-state index in [9.17, 15) is 14.4 Å². The lowest BCUT2D eigenvalue weighted by atomic mass is 10.0. The fraction of sp³-hybridized carbons (Fsp3) is 0.0909. The minimum absolute atomic E-state index is 0.130. The van der Waals surface area contributed by atoms with Gasteiger partial charge in [0.05, 0.1) is 18.1 Å². The first-order valence-electron chi connectivity index (χ1n) is 9.11. The number of para-hydroxylation sites is 1. The summed E-state index contributed by atoms with van der Waals surface area (Å²) in [5.41, 5.74) is 6.06. The van der Waals surface area contributed by atoms with E-state index < -0.39 is 5.91 Å². The van der Waals surface area contributed by atoms with Crippen molar-refractivity contribution in [2.24, 2.45) is 0 Å². The highest BCUT2D eigenvalue weighted by molar-refractivity contribution is 5.91. The van der Waals surface area contributed by atoms with Gasteiger partial charge in [0, 0.05) is 5.39 Å². The van der Waals surface area contributed by atoms with Gasteiger partial charge in [-0.05, 0) is 28.5 Å². The van der Waals surface area contributed by atoms with E-state index in [1.165, 1.54) is 10.9 Å². The summed E-state index contributed by atoms with van der Waals surface area (Å²) in [7, 11) is 0. The summed E-state index contributed by atoms with van der Waals surface area (Å²) in [4.78, 5) is 36.4. The highest BCUT2D eigenvalue weighted by atomic mass is 16.2. The Hall–Kier alpha value is -4.00. The fourth-order valence-corrected chi connectivity index (χ4v) is 3.27. The second kappa shape index (κ2) is 7.93. The third kappa shape index (κ3) is 3.98. The molecule has 0 saturated carbocycles. The number of carbonyl (C=O) groups excluding carboxylic acids is 2. The van der Waals surface area contributed by atoms with Crippen LogP contribution in [0.3, 0.4) is 0 Å². The molecule has 4 aromatic rings. The topological polar surface area (TPSA) is 93.1 Å². The summed E-state index contributed by atoms with van der Waals surface area (Å²) >= 11 is 0. The van der Waals surface area contributed by atoms with E-state index in [-0.39, 0.29) is 24.3 Å². The fourth-order valence-electron chi connectivity index (χ4n) is 3.27. The van der Waals surface area contributed by atoms with Gasteiger partial charge in [-0.2, -0.15) is 5.10 Å². The molecule has 0 aliphatic rings. The molecule has 0 saturated heterocycles. The molecule has 144 valence electrons. The van der Waals surface area contributed by atoms with Gasteiger partial charge in [0.2, 0.25) is 11.3 Å². The molecule has 0 unspecified atom stereocenters. The zero-order valence-corrected chi connectivity index (χ0v) is 15.5. The molecule has 2 N–H and O–H groups in total. The quantitative estimate of drug-likeness (QED) is 0.524. The Bertz CT molecular complexity index is 1270. The maximum absolute atomic E-state index is 12.3. The zero-order chi connectivity index (χ0) is 20.2. The first-order chi connectivity index (χ1) is 14.1. The molecule has 0 atom stereocenters. The largest absolute Gasteiger partial charge is 0.287 e. The lowest BCUT2D eigenvalue weighted by Crippen LogP contribution is -2.44. The highest BCUT2D eigenvalue weighted by Gasteiger charge is 2.10. The predicted octanol–water partition coefficient (Wildman–Crippen LogP) is 1.94. The van der Waals surface area contributed by atoms with Crippen molar-refractivity contribution >= 4 is 33.5 Å². The Labute approximate surface area is 165 Å². The minimum atomic E-state index is -0.447. The van der Waals surface area contributed by atoms with Crippen LogP contribution in [0.5, 0.6) is 0 Å². The van der Waals surface area contributed by atoms with Gasteiger partial charge in [-0.3, -0.25) is 29.9 Å². The first-order valence-corrected chi connectivity index (χ1v) is 9.11. The van der Waals surface area contributed by atoms with Gasteiger partial charge in [-0.15, -0.1) is 0 Å². The monoisotopic (exact) mass is 386 g/mol. The minimum Gasteiger partial charge on any atom is -0.287 e. The molecule has 4 rings (SSSR count). The molecule has 29 heavy (non-hydrogen) atoms. The number of fused-ring (bicyclic) bond motifs is 2. The van der Waals surface area contributed by atoms with Gasteiger partial charge in [-0.1, -0.05) is 54.6 Å². The Balaban J connectivity index is 1.40. The van der Waals surface area contributed by atoms with E-state index in [0.29, 0.717) is 10.9 Å². The molecule has 2 amide bonds. The molecule has 7 heteroatoms. The molecule has 0 spiro atoms. The smallest absolute Gasteiger partial charge is 0.260 e. The van der Waals surface area contributed by atoms with Gasteiger partial charge in [0.15, 0.2) is 0 Å². The van der Waals surface area contributed by atoms with E-state index in [4.69, 9.17) is 0 Å². The molecule has 7 nitrogen and oxygen atoms in total. The number of nitrogens with zero attached hydrogens (tertiary/aromatic N) is 2. The number of nitrogens with one attached hydrogen (secondary N) is 2. The third-order valence-electron chi connectivity index (χ3n) is 4.63. The number of amides is 2. The number of rotatable bonds is 4. The average molecular weight is 386 g/mol. The molecular weight excluding hydrogens is 368 g/mol. The zero-order valence-electron chi connectivity index (χ0n) is 15.5. The SMILES string of the molecule is O=C(Cc1cccc2ccccc12)NNC(=O)Cn1ncc(=O)c2ccccc21. The van der Waals surface area contributed by atoms with Crippen LogP contribution in [0.2, 0.25) is 0 Å². The Morgan fingerprint density at radius 3 is 2.38 bits per heavy atom. The molecule has 0 aliphatic carbocycles. The molecule has 0 fully saturated rings. The summed E-state index contributed by atoms with van der Waals surface area (Å²) in [6.07, 6.45) is 1.32. The van der Waals surface area contributed by atoms with Crippen LogP contribution in [0.1, 0.15) is 5.56 Å². The number of carbonyl (C=O) groups is 2. The Morgan fingerprint density at radius 2 is 1.52 bits per heavy atom. The van der Waals surface area contributed by atoms with Gasteiger partial charge in [0.1, 0.15) is 6.54 Å². The first kappa shape index (κ1) is 18.4. The van der Waals surface area contributed by atoms with Crippen LogP contribution in [0.15, 0.2) is 77.7 Å². The molecule has 0 bridgehead atoms. The molecular formula is C22H18N4O3. The van der Waals surface area contributed by atoms with E-state index in [0.717, 1.165) is 16.3 Å². The van der Waals surface area contributed by atoms with Crippen LogP contribution in [-0.2, 0) is 22.6 Å². The van der Waals surface area contributed by atoms with Crippen molar-refractivity contribution in [1.82, 2.24) is 20.6 Å². The lowest BCUT2D eigenvalue weighted by Gasteiger charge is -2.11. The standard InChI is InChI=1S/C22H18N4O3/c27-20-13-23-26(19-11-4-3-10-18(19)20)14-22(29)25-24-21(28)12-16-8-5-7-15-6-1-2-9-17(15)16/h1-11,13H,12,14H2,(H,24,28)(H,25,29). The number of benzene rings is 3. The van der Waals surface area contributed by atoms with E-state index in [1.54, 1.807) is 24.3 Å². The normalized spacial score (nSPS) is 10.8. The molecule has 3 aromatic carbocycles.